The molecule has 0 aromatic heterocycles. The quantitative estimate of drug-likeness (QED) is 0.637. The van der Waals surface area contributed by atoms with Gasteiger partial charge >= 0.3 is 0 Å². The summed E-state index contributed by atoms with van der Waals surface area (Å²) in [6.07, 6.45) is 3.31. The van der Waals surface area contributed by atoms with Crippen LogP contribution >= 0.6 is 0 Å². The normalized spacial score (nSPS) is 21.2. The van der Waals surface area contributed by atoms with Crippen LogP contribution in [0.25, 0.3) is 0 Å². The van der Waals surface area contributed by atoms with E-state index in [-0.39, 0.29) is 0 Å². The number of nitrogens with zero attached hydrogens (tertiary/aromatic N) is 2. The SMILES string of the molecule is CCN1C=C(C)CC(=NC(C)C)C1. The van der Waals surface area contributed by atoms with Gasteiger partial charge in [0.2, 0.25) is 0 Å². The molecule has 0 saturated carbocycles. The third kappa shape index (κ3) is 3.21. The molecule has 74 valence electrons. The van der Waals surface area contributed by atoms with Crippen molar-refractivity contribution in [2.45, 2.75) is 40.2 Å². The summed E-state index contributed by atoms with van der Waals surface area (Å²) in [5, 5.41) is 0. The van der Waals surface area contributed by atoms with Crippen molar-refractivity contribution in [2.24, 2.45) is 4.99 Å². The summed E-state index contributed by atoms with van der Waals surface area (Å²) in [5.41, 5.74) is 2.75. The molecule has 1 aliphatic rings. The van der Waals surface area contributed by atoms with Crippen molar-refractivity contribution < 1.29 is 0 Å². The van der Waals surface area contributed by atoms with Gasteiger partial charge in [-0.15, -0.1) is 0 Å². The van der Waals surface area contributed by atoms with E-state index in [2.05, 4.69) is 43.8 Å². The third-order valence-corrected chi connectivity index (χ3v) is 2.12. The van der Waals surface area contributed by atoms with Crippen molar-refractivity contribution in [3.8, 4) is 0 Å². The van der Waals surface area contributed by atoms with Crippen molar-refractivity contribution in [1.82, 2.24) is 4.90 Å². The highest BCUT2D eigenvalue weighted by molar-refractivity contribution is 5.89. The fourth-order valence-corrected chi connectivity index (χ4v) is 1.67. The summed E-state index contributed by atoms with van der Waals surface area (Å²) in [6.45, 7) is 10.7. The number of allylic oxidation sites excluding steroid dienone is 1. The van der Waals surface area contributed by atoms with E-state index in [1.807, 2.05) is 0 Å². The number of rotatable bonds is 2. The largest absolute Gasteiger partial charge is 0.372 e. The maximum Gasteiger partial charge on any atom is 0.0556 e. The van der Waals surface area contributed by atoms with Gasteiger partial charge < -0.3 is 4.90 Å². The van der Waals surface area contributed by atoms with Gasteiger partial charge in [-0.3, -0.25) is 4.99 Å². The molecular formula is C11H20N2. The standard InChI is InChI=1S/C11H20N2/c1-5-13-7-10(4)6-11(8-13)12-9(2)3/h7,9H,5-6,8H2,1-4H3. The van der Waals surface area contributed by atoms with E-state index in [4.69, 9.17) is 0 Å². The molecule has 0 amide bonds. The second kappa shape index (κ2) is 4.45. The highest BCUT2D eigenvalue weighted by atomic mass is 15.1. The fraction of sp³-hybridized carbons (Fsp3) is 0.727. The van der Waals surface area contributed by atoms with Crippen LogP contribution in [0.1, 0.15) is 34.1 Å². The lowest BCUT2D eigenvalue weighted by Gasteiger charge is -2.26. The Bertz CT molecular complexity index is 226. The smallest absolute Gasteiger partial charge is 0.0556 e. The second-order valence-corrected chi connectivity index (χ2v) is 4.00. The second-order valence-electron chi connectivity index (χ2n) is 4.00. The van der Waals surface area contributed by atoms with Gasteiger partial charge in [0.1, 0.15) is 0 Å². The first-order valence-electron chi connectivity index (χ1n) is 5.08. The molecule has 0 spiro atoms. The van der Waals surface area contributed by atoms with E-state index >= 15 is 0 Å². The predicted octanol–water partition coefficient (Wildman–Crippen LogP) is 2.47. The Balaban J connectivity index is 2.68. The molecule has 0 radical (unpaired) electrons. The van der Waals surface area contributed by atoms with E-state index in [0.717, 1.165) is 19.5 Å². The topological polar surface area (TPSA) is 15.6 Å². The molecule has 2 heteroatoms. The molecule has 13 heavy (non-hydrogen) atoms. The molecule has 1 heterocycles. The average molecular weight is 180 g/mol. The van der Waals surface area contributed by atoms with Crippen molar-refractivity contribution in [3.05, 3.63) is 11.8 Å². The van der Waals surface area contributed by atoms with Gasteiger partial charge in [0.25, 0.3) is 0 Å². The summed E-state index contributed by atoms with van der Waals surface area (Å²) in [6, 6.07) is 0.430. The zero-order valence-corrected chi connectivity index (χ0v) is 9.17. The van der Waals surface area contributed by atoms with Gasteiger partial charge in [0, 0.05) is 24.7 Å². The molecule has 0 aromatic rings. The predicted molar refractivity (Wildman–Crippen MR) is 58.2 cm³/mol. The van der Waals surface area contributed by atoms with Crippen LogP contribution in [0, 0.1) is 0 Å². The van der Waals surface area contributed by atoms with E-state index < -0.39 is 0 Å². The van der Waals surface area contributed by atoms with Gasteiger partial charge in [-0.2, -0.15) is 0 Å². The van der Waals surface area contributed by atoms with Crippen LogP contribution < -0.4 is 0 Å². The van der Waals surface area contributed by atoms with Gasteiger partial charge in [0.15, 0.2) is 0 Å². The van der Waals surface area contributed by atoms with E-state index in [1.165, 1.54) is 11.3 Å². The molecule has 1 rings (SSSR count). The van der Waals surface area contributed by atoms with Crippen LogP contribution in [0.3, 0.4) is 0 Å². The van der Waals surface area contributed by atoms with E-state index in [9.17, 15) is 0 Å². The number of aliphatic imine (C=N–C) groups is 1. The molecule has 0 unspecified atom stereocenters. The molecule has 0 aliphatic carbocycles. The van der Waals surface area contributed by atoms with Crippen molar-refractivity contribution in [2.75, 3.05) is 13.1 Å². The van der Waals surface area contributed by atoms with Crippen LogP contribution in [0.5, 0.6) is 0 Å². The Kier molecular flexibility index (Phi) is 3.52. The first-order chi connectivity index (χ1) is 6.11. The zero-order valence-electron chi connectivity index (χ0n) is 9.17. The summed E-state index contributed by atoms with van der Waals surface area (Å²) >= 11 is 0. The van der Waals surface area contributed by atoms with Gasteiger partial charge in [-0.1, -0.05) is 5.57 Å². The Morgan fingerprint density at radius 1 is 1.54 bits per heavy atom. The zero-order chi connectivity index (χ0) is 9.84. The Morgan fingerprint density at radius 3 is 2.77 bits per heavy atom. The molecule has 0 bridgehead atoms. The van der Waals surface area contributed by atoms with E-state index in [0.29, 0.717) is 6.04 Å². The molecule has 0 aromatic carbocycles. The minimum absolute atomic E-state index is 0.430. The number of hydrogen-bond acceptors (Lipinski definition) is 2. The molecule has 2 nitrogen and oxygen atoms in total. The first kappa shape index (κ1) is 10.3. The maximum absolute atomic E-state index is 4.62. The molecule has 0 N–H and O–H groups in total. The lowest BCUT2D eigenvalue weighted by Crippen LogP contribution is -2.29. The Morgan fingerprint density at radius 2 is 2.23 bits per heavy atom. The molecule has 0 fully saturated rings. The molecular weight excluding hydrogens is 160 g/mol. The average Bonchev–Trinajstić information content (AvgIpc) is 2.01. The van der Waals surface area contributed by atoms with Crippen molar-refractivity contribution in [3.63, 3.8) is 0 Å². The van der Waals surface area contributed by atoms with Crippen molar-refractivity contribution >= 4 is 5.71 Å². The van der Waals surface area contributed by atoms with Gasteiger partial charge in [-0.25, -0.2) is 0 Å². The summed E-state index contributed by atoms with van der Waals surface area (Å²) < 4.78 is 0. The molecule has 0 saturated heterocycles. The number of hydrogen-bond donors (Lipinski definition) is 0. The van der Waals surface area contributed by atoms with Crippen LogP contribution in [0.2, 0.25) is 0 Å². The van der Waals surface area contributed by atoms with Crippen LogP contribution in [0.4, 0.5) is 0 Å². The lowest BCUT2D eigenvalue weighted by atomic mass is 10.1. The van der Waals surface area contributed by atoms with Crippen LogP contribution in [0.15, 0.2) is 16.8 Å². The highest BCUT2D eigenvalue weighted by Crippen LogP contribution is 2.12. The van der Waals surface area contributed by atoms with Gasteiger partial charge in [-0.05, 0) is 33.9 Å². The minimum atomic E-state index is 0.430. The summed E-state index contributed by atoms with van der Waals surface area (Å²) in [5.74, 6) is 0. The minimum Gasteiger partial charge on any atom is -0.372 e. The van der Waals surface area contributed by atoms with Crippen LogP contribution in [-0.2, 0) is 0 Å². The van der Waals surface area contributed by atoms with Gasteiger partial charge in [0.05, 0.1) is 6.54 Å². The highest BCUT2D eigenvalue weighted by Gasteiger charge is 2.11. The van der Waals surface area contributed by atoms with Crippen LogP contribution in [-0.4, -0.2) is 29.7 Å². The van der Waals surface area contributed by atoms with Crippen molar-refractivity contribution in [1.29, 1.82) is 0 Å². The Labute approximate surface area is 81.3 Å². The summed E-state index contributed by atoms with van der Waals surface area (Å²) in [4.78, 5) is 6.94. The van der Waals surface area contributed by atoms with E-state index in [1.54, 1.807) is 0 Å². The molecule has 0 atom stereocenters. The Hall–Kier alpha value is -0.790. The monoisotopic (exact) mass is 180 g/mol. The first-order valence-corrected chi connectivity index (χ1v) is 5.08. The lowest BCUT2D eigenvalue weighted by molar-refractivity contribution is 0.436. The maximum atomic E-state index is 4.62. The summed E-state index contributed by atoms with van der Waals surface area (Å²) in [7, 11) is 0. The third-order valence-electron chi connectivity index (χ3n) is 2.12. The fourth-order valence-electron chi connectivity index (χ4n) is 1.67. The molecule has 1 aliphatic heterocycles.